The van der Waals surface area contributed by atoms with Crippen molar-refractivity contribution >= 4 is 11.4 Å². The van der Waals surface area contributed by atoms with Crippen LogP contribution in [-0.4, -0.2) is 10.8 Å². The van der Waals surface area contributed by atoms with Crippen molar-refractivity contribution < 1.29 is 4.79 Å². The van der Waals surface area contributed by atoms with Gasteiger partial charge >= 0.3 is 0 Å². The van der Waals surface area contributed by atoms with Gasteiger partial charge in [0.2, 0.25) is 5.78 Å². The molecule has 1 aliphatic carbocycles. The lowest BCUT2D eigenvalue weighted by molar-refractivity contribution is 0.103. The maximum atomic E-state index is 12.3. The molecular weight excluding hydrogens is 246 g/mol. The van der Waals surface area contributed by atoms with E-state index in [-0.39, 0.29) is 5.78 Å². The number of ketones is 1. The van der Waals surface area contributed by atoms with Gasteiger partial charge in [-0.05, 0) is 49.0 Å². The average molecular weight is 263 g/mol. The van der Waals surface area contributed by atoms with E-state index in [0.717, 1.165) is 6.42 Å². The van der Waals surface area contributed by atoms with E-state index in [2.05, 4.69) is 11.1 Å². The Kier molecular flexibility index (Phi) is 3.73. The third-order valence-electron chi connectivity index (χ3n) is 3.71. The highest BCUT2D eigenvalue weighted by molar-refractivity contribution is 6.07. The van der Waals surface area contributed by atoms with Gasteiger partial charge in [0.05, 0.1) is 0 Å². The van der Waals surface area contributed by atoms with Crippen molar-refractivity contribution in [2.24, 2.45) is 0 Å². The fraction of sp³-hybridized carbons (Fsp3) is 0.222. The van der Waals surface area contributed by atoms with Crippen LogP contribution in [0.2, 0.25) is 0 Å². The molecule has 20 heavy (non-hydrogen) atoms. The number of nitrogens with zero attached hydrogens (tertiary/aromatic N) is 1. The lowest BCUT2D eigenvalue weighted by Gasteiger charge is -2.13. The highest BCUT2D eigenvalue weighted by Gasteiger charge is 2.11. The summed E-state index contributed by atoms with van der Waals surface area (Å²) in [5.74, 6) is -0.0187. The average Bonchev–Trinajstić information content (AvgIpc) is 2.56. The number of carbonyl (C=O) groups excluding carboxylic acids is 1. The van der Waals surface area contributed by atoms with E-state index in [0.29, 0.717) is 11.3 Å². The first kappa shape index (κ1) is 12.8. The topological polar surface area (TPSA) is 30.0 Å². The van der Waals surface area contributed by atoms with Gasteiger partial charge in [-0.25, -0.2) is 0 Å². The molecule has 0 saturated carbocycles. The summed E-state index contributed by atoms with van der Waals surface area (Å²) < 4.78 is 0. The predicted molar refractivity (Wildman–Crippen MR) is 80.6 cm³/mol. The quantitative estimate of drug-likeness (QED) is 0.774. The molecule has 0 aliphatic heterocycles. The highest BCUT2D eigenvalue weighted by atomic mass is 16.1. The molecule has 100 valence electrons. The van der Waals surface area contributed by atoms with Gasteiger partial charge in [0.15, 0.2) is 0 Å². The highest BCUT2D eigenvalue weighted by Crippen LogP contribution is 2.26. The van der Waals surface area contributed by atoms with Crippen molar-refractivity contribution in [2.45, 2.75) is 25.7 Å². The Morgan fingerprint density at radius 3 is 2.50 bits per heavy atom. The fourth-order valence-corrected chi connectivity index (χ4v) is 2.58. The summed E-state index contributed by atoms with van der Waals surface area (Å²) in [6.45, 7) is 0. The van der Waals surface area contributed by atoms with Gasteiger partial charge in [0.25, 0.3) is 0 Å². The van der Waals surface area contributed by atoms with Crippen molar-refractivity contribution in [3.8, 4) is 0 Å². The third kappa shape index (κ3) is 2.69. The third-order valence-corrected chi connectivity index (χ3v) is 3.71. The van der Waals surface area contributed by atoms with Gasteiger partial charge in [0, 0.05) is 11.8 Å². The van der Waals surface area contributed by atoms with E-state index in [1.54, 1.807) is 12.3 Å². The number of carbonyl (C=O) groups is 1. The Bertz CT molecular complexity index is 626. The second-order valence-corrected chi connectivity index (χ2v) is 5.10. The number of hydrogen-bond donors (Lipinski definition) is 0. The molecule has 3 rings (SSSR count). The van der Waals surface area contributed by atoms with Crippen LogP contribution in [-0.2, 0) is 0 Å². The minimum Gasteiger partial charge on any atom is -0.287 e. The first-order valence-electron chi connectivity index (χ1n) is 7.10. The Hall–Kier alpha value is -2.22. The molecule has 1 aromatic heterocycles. The van der Waals surface area contributed by atoms with Crippen LogP contribution in [0.15, 0.2) is 54.7 Å². The molecular formula is C18H17NO. The first-order chi connectivity index (χ1) is 9.84. The summed E-state index contributed by atoms with van der Waals surface area (Å²) in [6, 6.07) is 13.3. The van der Waals surface area contributed by atoms with E-state index >= 15 is 0 Å². The van der Waals surface area contributed by atoms with Crippen LogP contribution >= 0.6 is 0 Å². The van der Waals surface area contributed by atoms with Gasteiger partial charge in [-0.3, -0.25) is 9.78 Å². The van der Waals surface area contributed by atoms with Gasteiger partial charge in [-0.1, -0.05) is 36.4 Å². The van der Waals surface area contributed by atoms with Crippen LogP contribution in [0, 0.1) is 0 Å². The van der Waals surface area contributed by atoms with Crippen LogP contribution in [0.5, 0.6) is 0 Å². The second kappa shape index (κ2) is 5.83. The van der Waals surface area contributed by atoms with Crippen LogP contribution in [0.1, 0.15) is 47.3 Å². The molecule has 2 heteroatoms. The number of allylic oxidation sites excluding steroid dienone is 2. The molecule has 0 fully saturated rings. The molecule has 0 N–H and O–H groups in total. The molecule has 1 aliphatic rings. The van der Waals surface area contributed by atoms with Crippen molar-refractivity contribution in [2.75, 3.05) is 0 Å². The monoisotopic (exact) mass is 263 g/mol. The molecule has 2 nitrogen and oxygen atoms in total. The zero-order valence-corrected chi connectivity index (χ0v) is 11.4. The van der Waals surface area contributed by atoms with Gasteiger partial charge in [0.1, 0.15) is 5.69 Å². The molecule has 0 amide bonds. The Morgan fingerprint density at radius 1 is 1.00 bits per heavy atom. The Morgan fingerprint density at radius 2 is 1.85 bits per heavy atom. The lowest BCUT2D eigenvalue weighted by atomic mass is 9.93. The number of pyridine rings is 1. The van der Waals surface area contributed by atoms with E-state index < -0.39 is 0 Å². The molecule has 1 heterocycles. The van der Waals surface area contributed by atoms with E-state index in [9.17, 15) is 4.79 Å². The molecule has 0 unspecified atom stereocenters. The van der Waals surface area contributed by atoms with E-state index in [1.165, 1.54) is 30.4 Å². The van der Waals surface area contributed by atoms with Crippen LogP contribution in [0.25, 0.3) is 5.57 Å². The van der Waals surface area contributed by atoms with E-state index in [4.69, 9.17) is 0 Å². The number of rotatable bonds is 3. The van der Waals surface area contributed by atoms with Crippen molar-refractivity contribution in [3.05, 3.63) is 71.6 Å². The Balaban J connectivity index is 1.83. The van der Waals surface area contributed by atoms with Crippen molar-refractivity contribution in [3.63, 3.8) is 0 Å². The summed E-state index contributed by atoms with van der Waals surface area (Å²) in [6.07, 6.45) is 8.84. The number of benzene rings is 1. The van der Waals surface area contributed by atoms with Crippen molar-refractivity contribution in [1.82, 2.24) is 4.98 Å². The number of hydrogen-bond acceptors (Lipinski definition) is 2. The maximum absolute atomic E-state index is 12.3. The minimum atomic E-state index is -0.0187. The molecule has 0 radical (unpaired) electrons. The molecule has 2 aromatic rings. The summed E-state index contributed by atoms with van der Waals surface area (Å²) in [4.78, 5) is 16.4. The first-order valence-corrected chi connectivity index (χ1v) is 7.10. The van der Waals surface area contributed by atoms with Crippen LogP contribution in [0.4, 0.5) is 0 Å². The lowest BCUT2D eigenvalue weighted by Crippen LogP contribution is -2.03. The van der Waals surface area contributed by atoms with Gasteiger partial charge < -0.3 is 0 Å². The maximum Gasteiger partial charge on any atom is 0.211 e. The van der Waals surface area contributed by atoms with Crippen LogP contribution in [0.3, 0.4) is 0 Å². The Labute approximate surface area is 119 Å². The summed E-state index contributed by atoms with van der Waals surface area (Å²) in [5, 5.41) is 0. The molecule has 0 bridgehead atoms. The standard InChI is InChI=1S/C18H17NO/c20-18(17-8-4-5-13-19-17)16-11-9-15(10-12-16)14-6-2-1-3-7-14/h4-6,8-13H,1-3,7H2. The summed E-state index contributed by atoms with van der Waals surface area (Å²) in [5.41, 5.74) is 3.84. The molecule has 0 spiro atoms. The largest absolute Gasteiger partial charge is 0.287 e. The molecule has 0 atom stereocenters. The minimum absolute atomic E-state index is 0.0187. The molecule has 1 aromatic carbocycles. The normalized spacial score (nSPS) is 14.7. The molecule has 0 saturated heterocycles. The van der Waals surface area contributed by atoms with Crippen molar-refractivity contribution in [1.29, 1.82) is 0 Å². The zero-order chi connectivity index (χ0) is 13.8. The van der Waals surface area contributed by atoms with Gasteiger partial charge in [-0.15, -0.1) is 0 Å². The van der Waals surface area contributed by atoms with Crippen LogP contribution < -0.4 is 0 Å². The zero-order valence-electron chi connectivity index (χ0n) is 11.4. The number of aromatic nitrogens is 1. The fourth-order valence-electron chi connectivity index (χ4n) is 2.58. The van der Waals surface area contributed by atoms with E-state index in [1.807, 2.05) is 36.4 Å². The second-order valence-electron chi connectivity index (χ2n) is 5.10. The smallest absolute Gasteiger partial charge is 0.211 e. The summed E-state index contributed by atoms with van der Waals surface area (Å²) >= 11 is 0. The van der Waals surface area contributed by atoms with Gasteiger partial charge in [-0.2, -0.15) is 0 Å². The predicted octanol–water partition coefficient (Wildman–Crippen LogP) is 4.27. The SMILES string of the molecule is O=C(c1ccc(C2=CCCCC2)cc1)c1ccccn1. The summed E-state index contributed by atoms with van der Waals surface area (Å²) in [7, 11) is 0.